The smallest absolute Gasteiger partial charge is 0.237 e. The summed E-state index contributed by atoms with van der Waals surface area (Å²) in [5, 5.41) is 2.95. The highest BCUT2D eigenvalue weighted by molar-refractivity contribution is 5.82. The minimum Gasteiger partial charge on any atom is -0.352 e. The SMILES string of the molecule is CC1CC1NC(=O)C(N)C(C)(C)C. The number of rotatable bonds is 2. The molecule has 0 heterocycles. The number of amides is 1. The molecule has 0 bridgehead atoms. The van der Waals surface area contributed by atoms with Crippen LogP contribution in [-0.4, -0.2) is 18.0 Å². The van der Waals surface area contributed by atoms with Crippen molar-refractivity contribution in [1.29, 1.82) is 0 Å². The molecule has 3 N–H and O–H groups in total. The number of carbonyl (C=O) groups excluding carboxylic acids is 1. The maximum absolute atomic E-state index is 11.5. The minimum atomic E-state index is -0.403. The van der Waals surface area contributed by atoms with E-state index in [2.05, 4.69) is 12.2 Å². The first-order valence-electron chi connectivity index (χ1n) is 4.88. The molecular weight excluding hydrogens is 164 g/mol. The lowest BCUT2D eigenvalue weighted by Crippen LogP contribution is -2.49. The highest BCUT2D eigenvalue weighted by Gasteiger charge is 2.37. The molecule has 3 unspecified atom stereocenters. The van der Waals surface area contributed by atoms with E-state index in [0.29, 0.717) is 12.0 Å². The molecule has 1 amide bonds. The van der Waals surface area contributed by atoms with Gasteiger partial charge < -0.3 is 11.1 Å². The van der Waals surface area contributed by atoms with E-state index < -0.39 is 6.04 Å². The van der Waals surface area contributed by atoms with Crippen LogP contribution >= 0.6 is 0 Å². The van der Waals surface area contributed by atoms with E-state index in [-0.39, 0.29) is 11.3 Å². The largest absolute Gasteiger partial charge is 0.352 e. The van der Waals surface area contributed by atoms with Crippen LogP contribution in [0.5, 0.6) is 0 Å². The van der Waals surface area contributed by atoms with Gasteiger partial charge in [-0.05, 0) is 17.8 Å². The molecule has 3 heteroatoms. The van der Waals surface area contributed by atoms with Crippen molar-refractivity contribution in [2.75, 3.05) is 0 Å². The van der Waals surface area contributed by atoms with Gasteiger partial charge in [0.25, 0.3) is 0 Å². The van der Waals surface area contributed by atoms with Crippen LogP contribution in [0, 0.1) is 11.3 Å². The number of nitrogens with one attached hydrogen (secondary N) is 1. The molecule has 0 aromatic heterocycles. The monoisotopic (exact) mass is 184 g/mol. The lowest BCUT2D eigenvalue weighted by atomic mass is 9.87. The van der Waals surface area contributed by atoms with Gasteiger partial charge in [0.1, 0.15) is 0 Å². The Morgan fingerprint density at radius 3 is 2.31 bits per heavy atom. The molecule has 0 saturated heterocycles. The van der Waals surface area contributed by atoms with E-state index in [0.717, 1.165) is 6.42 Å². The summed E-state index contributed by atoms with van der Waals surface area (Å²) < 4.78 is 0. The Morgan fingerprint density at radius 1 is 1.54 bits per heavy atom. The van der Waals surface area contributed by atoms with Crippen LogP contribution in [0.4, 0.5) is 0 Å². The summed E-state index contributed by atoms with van der Waals surface area (Å²) in [7, 11) is 0. The summed E-state index contributed by atoms with van der Waals surface area (Å²) in [5.74, 6) is 0.623. The normalized spacial score (nSPS) is 29.6. The maximum atomic E-state index is 11.5. The molecule has 1 aliphatic rings. The number of nitrogens with two attached hydrogens (primary N) is 1. The van der Waals surface area contributed by atoms with Crippen molar-refractivity contribution < 1.29 is 4.79 Å². The number of hydrogen-bond donors (Lipinski definition) is 2. The van der Waals surface area contributed by atoms with Gasteiger partial charge in [0.15, 0.2) is 0 Å². The molecule has 3 nitrogen and oxygen atoms in total. The highest BCUT2D eigenvalue weighted by atomic mass is 16.2. The van der Waals surface area contributed by atoms with Crippen molar-refractivity contribution in [2.24, 2.45) is 17.1 Å². The third-order valence-corrected chi connectivity index (χ3v) is 2.65. The third kappa shape index (κ3) is 2.69. The maximum Gasteiger partial charge on any atom is 0.237 e. The molecule has 76 valence electrons. The third-order valence-electron chi connectivity index (χ3n) is 2.65. The zero-order valence-corrected chi connectivity index (χ0v) is 8.92. The molecule has 0 aliphatic heterocycles. The van der Waals surface area contributed by atoms with Gasteiger partial charge in [0.05, 0.1) is 6.04 Å². The fraction of sp³-hybridized carbons (Fsp3) is 0.900. The van der Waals surface area contributed by atoms with E-state index in [1.807, 2.05) is 20.8 Å². The van der Waals surface area contributed by atoms with Crippen LogP contribution in [0.1, 0.15) is 34.1 Å². The van der Waals surface area contributed by atoms with Gasteiger partial charge in [-0.1, -0.05) is 27.7 Å². The molecule has 0 aromatic carbocycles. The fourth-order valence-corrected chi connectivity index (χ4v) is 1.19. The second-order valence-corrected chi connectivity index (χ2v) is 5.17. The van der Waals surface area contributed by atoms with Gasteiger partial charge in [-0.3, -0.25) is 4.79 Å². The molecule has 1 aliphatic carbocycles. The van der Waals surface area contributed by atoms with Crippen molar-refractivity contribution in [3.8, 4) is 0 Å². The first-order chi connectivity index (χ1) is 5.82. The Kier molecular flexibility index (Phi) is 2.66. The Balaban J connectivity index is 2.39. The lowest BCUT2D eigenvalue weighted by molar-refractivity contribution is -0.124. The second-order valence-electron chi connectivity index (χ2n) is 5.17. The summed E-state index contributed by atoms with van der Waals surface area (Å²) >= 11 is 0. The van der Waals surface area contributed by atoms with Gasteiger partial charge >= 0.3 is 0 Å². The summed E-state index contributed by atoms with van der Waals surface area (Å²) in [5.41, 5.74) is 5.65. The molecular formula is C10H20N2O. The molecule has 1 fully saturated rings. The van der Waals surface area contributed by atoms with Crippen molar-refractivity contribution in [3.63, 3.8) is 0 Å². The van der Waals surface area contributed by atoms with Crippen molar-refractivity contribution in [1.82, 2.24) is 5.32 Å². The van der Waals surface area contributed by atoms with Crippen molar-refractivity contribution in [3.05, 3.63) is 0 Å². The highest BCUT2D eigenvalue weighted by Crippen LogP contribution is 2.29. The lowest BCUT2D eigenvalue weighted by Gasteiger charge is -2.25. The predicted octanol–water partition coefficient (Wildman–Crippen LogP) is 0.884. The molecule has 1 rings (SSSR count). The van der Waals surface area contributed by atoms with E-state index in [9.17, 15) is 4.79 Å². The molecule has 0 aromatic rings. The first kappa shape index (κ1) is 10.5. The zero-order valence-electron chi connectivity index (χ0n) is 8.92. The van der Waals surface area contributed by atoms with Crippen molar-refractivity contribution >= 4 is 5.91 Å². The van der Waals surface area contributed by atoms with Crippen LogP contribution in [0.3, 0.4) is 0 Å². The minimum absolute atomic E-state index is 0.0122. The van der Waals surface area contributed by atoms with E-state index in [1.165, 1.54) is 0 Å². The van der Waals surface area contributed by atoms with Crippen LogP contribution < -0.4 is 11.1 Å². The van der Waals surface area contributed by atoms with E-state index in [4.69, 9.17) is 5.73 Å². The molecule has 1 saturated carbocycles. The fourth-order valence-electron chi connectivity index (χ4n) is 1.19. The van der Waals surface area contributed by atoms with E-state index in [1.54, 1.807) is 0 Å². The van der Waals surface area contributed by atoms with Gasteiger partial charge in [0, 0.05) is 6.04 Å². The predicted molar refractivity (Wildman–Crippen MR) is 53.1 cm³/mol. The summed E-state index contributed by atoms with van der Waals surface area (Å²) in [6.07, 6.45) is 1.10. The molecule has 0 spiro atoms. The van der Waals surface area contributed by atoms with Crippen LogP contribution in [0.25, 0.3) is 0 Å². The standard InChI is InChI=1S/C10H20N2O/c1-6-5-7(6)12-9(13)8(11)10(2,3)4/h6-8H,5,11H2,1-4H3,(H,12,13). The summed E-state index contributed by atoms with van der Waals surface area (Å²) in [6, 6.07) is -0.0267. The quantitative estimate of drug-likeness (QED) is 0.669. The molecule has 13 heavy (non-hydrogen) atoms. The Labute approximate surface area is 80.1 Å². The Morgan fingerprint density at radius 2 is 2.00 bits per heavy atom. The van der Waals surface area contributed by atoms with Gasteiger partial charge in [-0.25, -0.2) is 0 Å². The summed E-state index contributed by atoms with van der Waals surface area (Å²) in [6.45, 7) is 8.07. The average molecular weight is 184 g/mol. The summed E-state index contributed by atoms with van der Waals surface area (Å²) in [4.78, 5) is 11.5. The first-order valence-corrected chi connectivity index (χ1v) is 4.88. The van der Waals surface area contributed by atoms with Crippen LogP contribution in [-0.2, 0) is 4.79 Å². The van der Waals surface area contributed by atoms with Crippen molar-refractivity contribution in [2.45, 2.75) is 46.2 Å². The van der Waals surface area contributed by atoms with E-state index >= 15 is 0 Å². The van der Waals surface area contributed by atoms with Crippen LogP contribution in [0.2, 0.25) is 0 Å². The van der Waals surface area contributed by atoms with Crippen LogP contribution in [0.15, 0.2) is 0 Å². The Hall–Kier alpha value is -0.570. The van der Waals surface area contributed by atoms with Gasteiger partial charge in [-0.15, -0.1) is 0 Å². The molecule has 0 radical (unpaired) electrons. The number of carbonyl (C=O) groups is 1. The zero-order chi connectivity index (χ0) is 10.2. The van der Waals surface area contributed by atoms with Gasteiger partial charge in [0.2, 0.25) is 5.91 Å². The second kappa shape index (κ2) is 3.29. The topological polar surface area (TPSA) is 55.1 Å². The van der Waals surface area contributed by atoms with Gasteiger partial charge in [-0.2, -0.15) is 0 Å². The average Bonchev–Trinajstić information content (AvgIpc) is 2.63. The molecule has 3 atom stereocenters. The Bertz CT molecular complexity index is 207. The number of hydrogen-bond acceptors (Lipinski definition) is 2.